The molecule has 3 aromatic rings. The van der Waals surface area contributed by atoms with Crippen molar-refractivity contribution in [2.45, 2.75) is 14.7 Å². The number of nitrogens with zero attached hydrogens (tertiary/aromatic N) is 2. The van der Waals surface area contributed by atoms with Crippen LogP contribution in [0.3, 0.4) is 0 Å². The highest BCUT2D eigenvalue weighted by molar-refractivity contribution is 8.00. The van der Waals surface area contributed by atoms with Gasteiger partial charge in [0.05, 0.1) is 17.6 Å². The number of urea groups is 1. The molecule has 0 atom stereocenters. The van der Waals surface area contributed by atoms with E-state index in [4.69, 9.17) is 0 Å². The fraction of sp³-hybridized carbons (Fsp3) is 0.0476. The van der Waals surface area contributed by atoms with Gasteiger partial charge in [-0.05, 0) is 42.2 Å². The maximum Gasteiger partial charge on any atom is 0.346 e. The summed E-state index contributed by atoms with van der Waals surface area (Å²) in [7, 11) is 0. The molecule has 27 heavy (non-hydrogen) atoms. The molecule has 1 heterocycles. The molecule has 1 N–H and O–H groups in total. The molecule has 0 radical (unpaired) electrons. The number of hydrazone groups is 1. The first-order chi connectivity index (χ1) is 13.3. The topological polar surface area (TPSA) is 44.7 Å². The van der Waals surface area contributed by atoms with Crippen LogP contribution in [0.15, 0.2) is 92.6 Å². The molecule has 0 bridgehead atoms. The zero-order valence-electron chi connectivity index (χ0n) is 14.6. The molecule has 0 unspecified atom stereocenters. The lowest BCUT2D eigenvalue weighted by Crippen LogP contribution is -2.35. The second-order valence-corrected chi connectivity index (χ2v) is 7.79. The lowest BCUT2D eigenvalue weighted by molar-refractivity contribution is 0.249. The van der Waals surface area contributed by atoms with E-state index in [2.05, 4.69) is 22.7 Å². The van der Waals surface area contributed by atoms with Gasteiger partial charge in [0, 0.05) is 14.7 Å². The monoisotopic (exact) mass is 391 g/mol. The fourth-order valence-corrected chi connectivity index (χ4v) is 4.30. The Balaban J connectivity index is 1.66. The molecule has 2 amide bonds. The predicted octanol–water partition coefficient (Wildman–Crippen LogP) is 5.75. The Morgan fingerprint density at radius 3 is 2.56 bits per heavy atom. The Labute approximate surface area is 166 Å². The summed E-state index contributed by atoms with van der Waals surface area (Å²) in [4.78, 5) is 17.9. The molecule has 1 aliphatic heterocycles. The minimum Gasteiger partial charge on any atom is -0.259 e. The molecular weight excluding hydrogens is 374 g/mol. The van der Waals surface area contributed by atoms with Gasteiger partial charge < -0.3 is 0 Å². The van der Waals surface area contributed by atoms with E-state index >= 15 is 0 Å². The van der Waals surface area contributed by atoms with E-state index in [0.29, 0.717) is 0 Å². The first kappa shape index (κ1) is 17.7. The van der Waals surface area contributed by atoms with Crippen LogP contribution in [0.25, 0.3) is 0 Å². The van der Waals surface area contributed by atoms with Gasteiger partial charge in [0.1, 0.15) is 0 Å². The van der Waals surface area contributed by atoms with Gasteiger partial charge in [-0.2, -0.15) is 5.10 Å². The van der Waals surface area contributed by atoms with E-state index in [9.17, 15) is 4.79 Å². The van der Waals surface area contributed by atoms with E-state index in [1.54, 1.807) is 34.6 Å². The normalized spacial score (nSPS) is 12.6. The SMILES string of the molecule is CSc1ccc2c(c1)N(C(=O)N/N=C/c1ccccc1)c1ccccc1S2. The van der Waals surface area contributed by atoms with E-state index in [1.807, 2.05) is 66.9 Å². The number of fused-ring (bicyclic) bond motifs is 2. The Morgan fingerprint density at radius 2 is 1.74 bits per heavy atom. The van der Waals surface area contributed by atoms with Crippen LogP contribution in [0.4, 0.5) is 16.2 Å². The number of thioether (sulfide) groups is 1. The summed E-state index contributed by atoms with van der Waals surface area (Å²) in [5, 5.41) is 4.13. The molecule has 0 aromatic heterocycles. The third-order valence-corrected chi connectivity index (χ3v) is 5.97. The number of nitrogens with one attached hydrogen (secondary N) is 1. The molecule has 4 rings (SSSR count). The number of amides is 2. The van der Waals surface area contributed by atoms with Crippen LogP contribution in [-0.2, 0) is 0 Å². The van der Waals surface area contributed by atoms with E-state index in [0.717, 1.165) is 31.6 Å². The summed E-state index contributed by atoms with van der Waals surface area (Å²) in [5.74, 6) is 0. The second-order valence-electron chi connectivity index (χ2n) is 5.82. The molecule has 1 aliphatic rings. The number of carbonyl (C=O) groups excluding carboxylic acids is 1. The Hall–Kier alpha value is -2.70. The summed E-state index contributed by atoms with van der Waals surface area (Å²) >= 11 is 3.33. The average Bonchev–Trinajstić information content (AvgIpc) is 2.72. The van der Waals surface area contributed by atoms with Gasteiger partial charge >= 0.3 is 6.03 Å². The number of hydrogen-bond donors (Lipinski definition) is 1. The zero-order chi connectivity index (χ0) is 18.6. The molecule has 4 nitrogen and oxygen atoms in total. The number of para-hydroxylation sites is 1. The van der Waals surface area contributed by atoms with Crippen molar-refractivity contribution in [3.63, 3.8) is 0 Å². The predicted molar refractivity (Wildman–Crippen MR) is 113 cm³/mol. The summed E-state index contributed by atoms with van der Waals surface area (Å²) < 4.78 is 0. The number of rotatable bonds is 3. The standard InChI is InChI=1S/C21H17N3OS2/c1-26-16-11-12-20-18(13-16)24(17-9-5-6-10-19(17)27-20)21(25)23-22-14-15-7-3-2-4-8-15/h2-14H,1H3,(H,23,25)/b22-14+. The summed E-state index contributed by atoms with van der Waals surface area (Å²) in [6.07, 6.45) is 3.67. The second kappa shape index (κ2) is 7.90. The largest absolute Gasteiger partial charge is 0.346 e. The van der Waals surface area contributed by atoms with Crippen LogP contribution in [0, 0.1) is 0 Å². The van der Waals surface area contributed by atoms with Crippen molar-refractivity contribution in [1.29, 1.82) is 0 Å². The van der Waals surface area contributed by atoms with Gasteiger partial charge in [-0.1, -0.05) is 54.2 Å². The van der Waals surface area contributed by atoms with Crippen molar-refractivity contribution in [2.24, 2.45) is 5.10 Å². The van der Waals surface area contributed by atoms with E-state index < -0.39 is 0 Å². The number of benzene rings is 3. The number of carbonyl (C=O) groups is 1. The van der Waals surface area contributed by atoms with Gasteiger partial charge in [0.25, 0.3) is 0 Å². The molecule has 6 heteroatoms. The van der Waals surface area contributed by atoms with Crippen molar-refractivity contribution in [3.8, 4) is 0 Å². The lowest BCUT2D eigenvalue weighted by atomic mass is 10.2. The number of hydrogen-bond acceptors (Lipinski definition) is 4. The average molecular weight is 392 g/mol. The molecule has 0 spiro atoms. The lowest BCUT2D eigenvalue weighted by Gasteiger charge is -2.30. The van der Waals surface area contributed by atoms with Gasteiger partial charge in [-0.25, -0.2) is 10.2 Å². The van der Waals surface area contributed by atoms with Crippen LogP contribution in [0.1, 0.15) is 5.56 Å². The Bertz CT molecular complexity index is 1010. The first-order valence-corrected chi connectivity index (χ1v) is 10.4. The molecule has 0 saturated carbocycles. The number of anilines is 2. The molecule has 0 aliphatic carbocycles. The molecule has 3 aromatic carbocycles. The van der Waals surface area contributed by atoms with Crippen molar-refractivity contribution in [2.75, 3.05) is 11.2 Å². The quantitative estimate of drug-likeness (QED) is 0.351. The zero-order valence-corrected chi connectivity index (χ0v) is 16.3. The Morgan fingerprint density at radius 1 is 1.00 bits per heavy atom. The summed E-state index contributed by atoms with van der Waals surface area (Å²) in [6, 6.07) is 23.5. The molecular formula is C21H17N3OS2. The fourth-order valence-electron chi connectivity index (χ4n) is 2.83. The molecule has 0 fully saturated rings. The highest BCUT2D eigenvalue weighted by Gasteiger charge is 2.28. The first-order valence-electron chi connectivity index (χ1n) is 8.39. The Kier molecular flexibility index (Phi) is 5.18. The maximum absolute atomic E-state index is 13.0. The minimum atomic E-state index is -0.283. The van der Waals surface area contributed by atoms with Gasteiger partial charge in [-0.15, -0.1) is 11.8 Å². The highest BCUT2D eigenvalue weighted by Crippen LogP contribution is 2.48. The van der Waals surface area contributed by atoms with Gasteiger partial charge in [-0.3, -0.25) is 4.90 Å². The third-order valence-electron chi connectivity index (χ3n) is 4.11. The smallest absolute Gasteiger partial charge is 0.259 e. The highest BCUT2D eigenvalue weighted by atomic mass is 32.2. The van der Waals surface area contributed by atoms with Crippen LogP contribution in [-0.4, -0.2) is 18.5 Å². The van der Waals surface area contributed by atoms with E-state index in [-0.39, 0.29) is 6.03 Å². The van der Waals surface area contributed by atoms with Gasteiger partial charge in [0.2, 0.25) is 0 Å². The van der Waals surface area contributed by atoms with Crippen molar-refractivity contribution >= 4 is 47.1 Å². The third kappa shape index (κ3) is 3.72. The van der Waals surface area contributed by atoms with Crippen LogP contribution < -0.4 is 10.3 Å². The maximum atomic E-state index is 13.0. The summed E-state index contributed by atoms with van der Waals surface area (Å²) in [5.41, 5.74) is 5.32. The van der Waals surface area contributed by atoms with Crippen molar-refractivity contribution < 1.29 is 4.79 Å². The van der Waals surface area contributed by atoms with Gasteiger partial charge in [0.15, 0.2) is 0 Å². The molecule has 0 saturated heterocycles. The molecule has 134 valence electrons. The van der Waals surface area contributed by atoms with Crippen LogP contribution >= 0.6 is 23.5 Å². The van der Waals surface area contributed by atoms with Crippen LogP contribution in [0.2, 0.25) is 0 Å². The summed E-state index contributed by atoms with van der Waals surface area (Å²) in [6.45, 7) is 0. The van der Waals surface area contributed by atoms with E-state index in [1.165, 1.54) is 0 Å². The van der Waals surface area contributed by atoms with Crippen LogP contribution in [0.5, 0.6) is 0 Å². The van der Waals surface area contributed by atoms with Crippen molar-refractivity contribution in [1.82, 2.24) is 5.43 Å². The van der Waals surface area contributed by atoms with Crippen molar-refractivity contribution in [3.05, 3.63) is 78.4 Å². The minimum absolute atomic E-state index is 0.283.